The number of nitrogens with one attached hydrogen (secondary N) is 1. The Bertz CT molecular complexity index is 393. The predicted molar refractivity (Wildman–Crippen MR) is 73.1 cm³/mol. The number of hydrogen-bond donors (Lipinski definition) is 1. The second-order valence-corrected chi connectivity index (χ2v) is 6.03. The highest BCUT2D eigenvalue weighted by atomic mass is 16.5. The van der Waals surface area contributed by atoms with Crippen LogP contribution in [0.2, 0.25) is 0 Å². The topological polar surface area (TPSA) is 61.9 Å². The molecule has 3 saturated heterocycles. The number of methoxy groups -OCH3 is 1. The Morgan fingerprint density at radius 1 is 1.15 bits per heavy atom. The van der Waals surface area contributed by atoms with E-state index < -0.39 is 0 Å². The normalized spacial score (nSPS) is 32.8. The molecule has 2 bridgehead atoms. The third-order valence-corrected chi connectivity index (χ3v) is 4.83. The van der Waals surface area contributed by atoms with E-state index in [0.29, 0.717) is 38.3 Å². The first-order chi connectivity index (χ1) is 9.69. The van der Waals surface area contributed by atoms with Crippen molar-refractivity contribution in [2.45, 2.75) is 31.3 Å². The maximum absolute atomic E-state index is 12.6. The lowest BCUT2D eigenvalue weighted by Crippen LogP contribution is -2.53. The van der Waals surface area contributed by atoms with Crippen LogP contribution in [0, 0.1) is 5.92 Å². The summed E-state index contributed by atoms with van der Waals surface area (Å²) in [5.41, 5.74) is 0. The van der Waals surface area contributed by atoms with Gasteiger partial charge in [-0.05, 0) is 19.3 Å². The van der Waals surface area contributed by atoms with E-state index in [1.807, 2.05) is 4.90 Å². The fraction of sp³-hybridized carbons (Fsp3) is 0.857. The van der Waals surface area contributed by atoms with Gasteiger partial charge in [0.2, 0.25) is 11.8 Å². The van der Waals surface area contributed by atoms with Crippen LogP contribution in [-0.2, 0) is 14.3 Å². The molecule has 0 aromatic rings. The lowest BCUT2D eigenvalue weighted by Gasteiger charge is -2.37. The second kappa shape index (κ2) is 5.69. The molecule has 0 aromatic carbocycles. The molecule has 3 aliphatic rings. The lowest BCUT2D eigenvalue weighted by atomic mass is 9.88. The van der Waals surface area contributed by atoms with Crippen LogP contribution in [0.25, 0.3) is 0 Å². The maximum atomic E-state index is 12.6. The predicted octanol–water partition coefficient (Wildman–Crippen LogP) is -0.556. The largest absolute Gasteiger partial charge is 0.375 e. The van der Waals surface area contributed by atoms with Crippen LogP contribution >= 0.6 is 0 Å². The SMILES string of the molecule is COCC(=O)N1CCN(C(=O)C2CC3CCC2N3)CC1. The molecular weight excluding hydrogens is 258 g/mol. The Balaban J connectivity index is 1.51. The van der Waals surface area contributed by atoms with Crippen molar-refractivity contribution in [2.75, 3.05) is 39.9 Å². The highest BCUT2D eigenvalue weighted by Gasteiger charge is 2.44. The summed E-state index contributed by atoms with van der Waals surface area (Å²) in [6.07, 6.45) is 3.34. The molecule has 0 aromatic heterocycles. The molecule has 3 aliphatic heterocycles. The Morgan fingerprint density at radius 3 is 2.40 bits per heavy atom. The van der Waals surface area contributed by atoms with E-state index in [9.17, 15) is 9.59 Å². The Morgan fingerprint density at radius 2 is 1.85 bits per heavy atom. The fourth-order valence-electron chi connectivity index (χ4n) is 3.72. The zero-order chi connectivity index (χ0) is 14.1. The third-order valence-electron chi connectivity index (χ3n) is 4.83. The van der Waals surface area contributed by atoms with Crippen LogP contribution < -0.4 is 5.32 Å². The summed E-state index contributed by atoms with van der Waals surface area (Å²) in [4.78, 5) is 28.0. The van der Waals surface area contributed by atoms with E-state index in [4.69, 9.17) is 4.74 Å². The van der Waals surface area contributed by atoms with Gasteiger partial charge in [-0.1, -0.05) is 0 Å². The highest BCUT2D eigenvalue weighted by molar-refractivity contribution is 5.81. The molecule has 0 radical (unpaired) electrons. The zero-order valence-corrected chi connectivity index (χ0v) is 12.0. The van der Waals surface area contributed by atoms with Crippen LogP contribution in [0.4, 0.5) is 0 Å². The molecule has 1 N–H and O–H groups in total. The average molecular weight is 281 g/mol. The minimum Gasteiger partial charge on any atom is -0.375 e. The molecule has 3 unspecified atom stereocenters. The molecule has 0 aliphatic carbocycles. The molecule has 0 spiro atoms. The molecule has 3 rings (SSSR count). The third kappa shape index (κ3) is 2.54. The van der Waals surface area contributed by atoms with Gasteiger partial charge in [0.25, 0.3) is 0 Å². The van der Waals surface area contributed by atoms with Gasteiger partial charge < -0.3 is 19.9 Å². The number of carbonyl (C=O) groups excluding carboxylic acids is 2. The van der Waals surface area contributed by atoms with Gasteiger partial charge in [0.05, 0.1) is 5.92 Å². The lowest BCUT2D eigenvalue weighted by molar-refractivity contribution is -0.144. The van der Waals surface area contributed by atoms with Crippen molar-refractivity contribution in [1.82, 2.24) is 15.1 Å². The molecule has 3 fully saturated rings. The molecule has 6 heteroatoms. The number of hydrogen-bond acceptors (Lipinski definition) is 4. The molecule has 0 saturated carbocycles. The van der Waals surface area contributed by atoms with E-state index in [1.165, 1.54) is 13.5 Å². The van der Waals surface area contributed by atoms with Gasteiger partial charge in [0, 0.05) is 45.4 Å². The van der Waals surface area contributed by atoms with Crippen molar-refractivity contribution in [3.05, 3.63) is 0 Å². The molecule has 2 amide bonds. The average Bonchev–Trinajstić information content (AvgIpc) is 3.09. The summed E-state index contributed by atoms with van der Waals surface area (Å²) in [6.45, 7) is 2.69. The molecule has 20 heavy (non-hydrogen) atoms. The summed E-state index contributed by atoms with van der Waals surface area (Å²) < 4.78 is 4.87. The van der Waals surface area contributed by atoms with Crippen LogP contribution in [-0.4, -0.2) is 73.6 Å². The van der Waals surface area contributed by atoms with Crippen molar-refractivity contribution in [3.63, 3.8) is 0 Å². The number of rotatable bonds is 3. The maximum Gasteiger partial charge on any atom is 0.248 e. The van der Waals surface area contributed by atoms with Gasteiger partial charge >= 0.3 is 0 Å². The van der Waals surface area contributed by atoms with Gasteiger partial charge in [-0.2, -0.15) is 0 Å². The smallest absolute Gasteiger partial charge is 0.248 e. The minimum absolute atomic E-state index is 0.0150. The number of nitrogens with zero attached hydrogens (tertiary/aromatic N) is 2. The highest BCUT2D eigenvalue weighted by Crippen LogP contribution is 2.34. The van der Waals surface area contributed by atoms with E-state index in [1.54, 1.807) is 4.90 Å². The Hall–Kier alpha value is -1.14. The summed E-state index contributed by atoms with van der Waals surface area (Å²) in [6, 6.07) is 0.944. The fourth-order valence-corrected chi connectivity index (χ4v) is 3.72. The van der Waals surface area contributed by atoms with Crippen molar-refractivity contribution in [2.24, 2.45) is 5.92 Å². The first kappa shape index (κ1) is 13.8. The Kier molecular flexibility index (Phi) is 3.94. The number of piperazine rings is 1. The van der Waals surface area contributed by atoms with Crippen molar-refractivity contribution < 1.29 is 14.3 Å². The van der Waals surface area contributed by atoms with E-state index in [0.717, 1.165) is 12.8 Å². The van der Waals surface area contributed by atoms with Gasteiger partial charge in [-0.3, -0.25) is 9.59 Å². The van der Waals surface area contributed by atoms with Crippen LogP contribution in [0.15, 0.2) is 0 Å². The summed E-state index contributed by atoms with van der Waals surface area (Å²) >= 11 is 0. The quantitative estimate of drug-likeness (QED) is 0.753. The molecular formula is C14H23N3O3. The van der Waals surface area contributed by atoms with Gasteiger partial charge in [-0.15, -0.1) is 0 Å². The van der Waals surface area contributed by atoms with Crippen LogP contribution in [0.3, 0.4) is 0 Å². The number of ether oxygens (including phenoxy) is 1. The first-order valence-electron chi connectivity index (χ1n) is 7.50. The van der Waals surface area contributed by atoms with Crippen LogP contribution in [0.1, 0.15) is 19.3 Å². The van der Waals surface area contributed by atoms with E-state index in [2.05, 4.69) is 5.32 Å². The first-order valence-corrected chi connectivity index (χ1v) is 7.50. The molecule has 3 atom stereocenters. The summed E-state index contributed by atoms with van der Waals surface area (Å²) in [7, 11) is 1.53. The molecule has 6 nitrogen and oxygen atoms in total. The van der Waals surface area contributed by atoms with E-state index >= 15 is 0 Å². The molecule has 3 heterocycles. The number of amides is 2. The second-order valence-electron chi connectivity index (χ2n) is 6.03. The van der Waals surface area contributed by atoms with Crippen molar-refractivity contribution in [3.8, 4) is 0 Å². The monoisotopic (exact) mass is 281 g/mol. The van der Waals surface area contributed by atoms with E-state index in [-0.39, 0.29) is 24.3 Å². The summed E-state index contributed by atoms with van der Waals surface area (Å²) in [5.74, 6) is 0.458. The van der Waals surface area contributed by atoms with Gasteiger partial charge in [0.15, 0.2) is 0 Å². The summed E-state index contributed by atoms with van der Waals surface area (Å²) in [5, 5.41) is 3.51. The van der Waals surface area contributed by atoms with Crippen molar-refractivity contribution in [1.29, 1.82) is 0 Å². The molecule has 112 valence electrons. The van der Waals surface area contributed by atoms with Gasteiger partial charge in [0.1, 0.15) is 6.61 Å². The number of fused-ring (bicyclic) bond motifs is 2. The number of carbonyl (C=O) groups is 2. The van der Waals surface area contributed by atoms with Gasteiger partial charge in [-0.25, -0.2) is 0 Å². The van der Waals surface area contributed by atoms with Crippen molar-refractivity contribution >= 4 is 11.8 Å². The zero-order valence-electron chi connectivity index (χ0n) is 12.0. The standard InChI is InChI=1S/C14H23N3O3/c1-20-9-13(18)16-4-6-17(7-5-16)14(19)11-8-10-2-3-12(11)15-10/h10-12,15H,2-9H2,1H3. The van der Waals surface area contributed by atoms with Crippen LogP contribution in [0.5, 0.6) is 0 Å². The minimum atomic E-state index is 0.0150. The Labute approximate surface area is 119 Å².